The van der Waals surface area contributed by atoms with Gasteiger partial charge in [0.25, 0.3) is 0 Å². The van der Waals surface area contributed by atoms with Gasteiger partial charge in [-0.2, -0.15) is 11.3 Å². The van der Waals surface area contributed by atoms with Crippen LogP contribution in [0.4, 0.5) is 5.13 Å². The topological polar surface area (TPSA) is 41.1 Å². The predicted octanol–water partition coefficient (Wildman–Crippen LogP) is 3.05. The standard InChI is InChI=1S/C12H18N4S2/c1-3-5-13-12-15-14-11(18-12)8-16(2)7-10-4-6-17-9-10/h4,6,9H,3,5,7-8H2,1-2H3,(H,13,15). The van der Waals surface area contributed by atoms with E-state index in [1.165, 1.54) is 5.56 Å². The molecule has 0 spiro atoms. The highest BCUT2D eigenvalue weighted by Gasteiger charge is 2.07. The molecule has 18 heavy (non-hydrogen) atoms. The number of thiophene rings is 1. The smallest absolute Gasteiger partial charge is 0.205 e. The molecule has 0 amide bonds. The average molecular weight is 282 g/mol. The summed E-state index contributed by atoms with van der Waals surface area (Å²) in [5, 5.41) is 17.9. The monoisotopic (exact) mass is 282 g/mol. The van der Waals surface area contributed by atoms with Crippen molar-refractivity contribution in [1.29, 1.82) is 0 Å². The Hall–Kier alpha value is -0.980. The molecule has 0 fully saturated rings. The third-order valence-corrected chi connectivity index (χ3v) is 4.03. The van der Waals surface area contributed by atoms with Crippen LogP contribution in [0.5, 0.6) is 0 Å². The molecule has 0 saturated carbocycles. The van der Waals surface area contributed by atoms with Crippen LogP contribution >= 0.6 is 22.7 Å². The largest absolute Gasteiger partial charge is 0.360 e. The van der Waals surface area contributed by atoms with Crippen molar-refractivity contribution >= 4 is 27.8 Å². The fourth-order valence-electron chi connectivity index (χ4n) is 1.60. The van der Waals surface area contributed by atoms with Crippen molar-refractivity contribution in [3.63, 3.8) is 0 Å². The van der Waals surface area contributed by atoms with E-state index in [1.807, 2.05) is 0 Å². The summed E-state index contributed by atoms with van der Waals surface area (Å²) in [6.45, 7) is 4.91. The Kier molecular flexibility index (Phi) is 5.10. The van der Waals surface area contributed by atoms with E-state index in [0.717, 1.165) is 36.2 Å². The van der Waals surface area contributed by atoms with Gasteiger partial charge in [0.05, 0.1) is 6.54 Å². The van der Waals surface area contributed by atoms with Gasteiger partial charge in [-0.15, -0.1) is 10.2 Å². The lowest BCUT2D eigenvalue weighted by atomic mass is 10.3. The summed E-state index contributed by atoms with van der Waals surface area (Å²) in [6.07, 6.45) is 1.10. The maximum Gasteiger partial charge on any atom is 0.205 e. The van der Waals surface area contributed by atoms with Gasteiger partial charge in [0.2, 0.25) is 5.13 Å². The van der Waals surface area contributed by atoms with E-state index < -0.39 is 0 Å². The van der Waals surface area contributed by atoms with Crippen LogP contribution in [0.25, 0.3) is 0 Å². The van der Waals surface area contributed by atoms with Gasteiger partial charge in [-0.25, -0.2) is 0 Å². The van der Waals surface area contributed by atoms with E-state index >= 15 is 0 Å². The summed E-state index contributed by atoms with van der Waals surface area (Å²) >= 11 is 3.38. The van der Waals surface area contributed by atoms with Gasteiger partial charge in [0.1, 0.15) is 5.01 Å². The summed E-state index contributed by atoms with van der Waals surface area (Å²) in [6, 6.07) is 2.16. The van der Waals surface area contributed by atoms with E-state index in [0.29, 0.717) is 0 Å². The molecule has 0 radical (unpaired) electrons. The van der Waals surface area contributed by atoms with Gasteiger partial charge in [0.15, 0.2) is 0 Å². The maximum absolute atomic E-state index is 4.21. The van der Waals surface area contributed by atoms with Crippen molar-refractivity contribution in [1.82, 2.24) is 15.1 Å². The van der Waals surface area contributed by atoms with Crippen LogP contribution in [-0.4, -0.2) is 28.7 Å². The molecule has 2 rings (SSSR count). The quantitative estimate of drug-likeness (QED) is 0.847. The minimum atomic E-state index is 0.849. The molecule has 2 heterocycles. The minimum absolute atomic E-state index is 0.849. The number of hydrogen-bond donors (Lipinski definition) is 1. The van der Waals surface area contributed by atoms with Gasteiger partial charge in [-0.3, -0.25) is 4.90 Å². The summed E-state index contributed by atoms with van der Waals surface area (Å²) in [4.78, 5) is 2.26. The molecule has 0 aliphatic carbocycles. The molecular weight excluding hydrogens is 264 g/mol. The molecule has 0 aromatic carbocycles. The first-order valence-electron chi connectivity index (χ1n) is 6.03. The van der Waals surface area contributed by atoms with Crippen LogP contribution in [-0.2, 0) is 13.1 Å². The van der Waals surface area contributed by atoms with Crippen LogP contribution < -0.4 is 5.32 Å². The highest BCUT2D eigenvalue weighted by molar-refractivity contribution is 7.15. The Morgan fingerprint density at radius 3 is 2.94 bits per heavy atom. The van der Waals surface area contributed by atoms with Crippen molar-refractivity contribution in [3.05, 3.63) is 27.4 Å². The second-order valence-corrected chi connectivity index (χ2v) is 6.07. The molecule has 4 nitrogen and oxygen atoms in total. The van der Waals surface area contributed by atoms with Crippen LogP contribution in [0.1, 0.15) is 23.9 Å². The van der Waals surface area contributed by atoms with Crippen LogP contribution in [0.2, 0.25) is 0 Å². The second-order valence-electron chi connectivity index (χ2n) is 4.23. The highest BCUT2D eigenvalue weighted by atomic mass is 32.1. The zero-order chi connectivity index (χ0) is 12.8. The van der Waals surface area contributed by atoms with Crippen LogP contribution in [0.3, 0.4) is 0 Å². The van der Waals surface area contributed by atoms with Crippen LogP contribution in [0.15, 0.2) is 16.8 Å². The maximum atomic E-state index is 4.21. The number of nitrogens with one attached hydrogen (secondary N) is 1. The fourth-order valence-corrected chi connectivity index (χ4v) is 3.11. The van der Waals surface area contributed by atoms with Crippen molar-refractivity contribution in [2.45, 2.75) is 26.4 Å². The number of nitrogens with zero attached hydrogens (tertiary/aromatic N) is 3. The van der Waals surface area contributed by atoms with Crippen molar-refractivity contribution in [3.8, 4) is 0 Å². The Morgan fingerprint density at radius 2 is 2.22 bits per heavy atom. The molecular formula is C12H18N4S2. The third kappa shape index (κ3) is 4.04. The Morgan fingerprint density at radius 1 is 1.33 bits per heavy atom. The summed E-state index contributed by atoms with van der Waals surface area (Å²) in [5.74, 6) is 0. The van der Waals surface area contributed by atoms with Crippen molar-refractivity contribution < 1.29 is 0 Å². The van der Waals surface area contributed by atoms with E-state index in [9.17, 15) is 0 Å². The predicted molar refractivity (Wildman–Crippen MR) is 78.2 cm³/mol. The molecule has 2 aromatic rings. The normalized spacial score (nSPS) is 11.1. The lowest BCUT2D eigenvalue weighted by Gasteiger charge is -2.13. The SMILES string of the molecule is CCCNc1nnc(CN(C)Cc2ccsc2)s1. The average Bonchev–Trinajstić information content (AvgIpc) is 2.98. The van der Waals surface area contributed by atoms with E-state index in [4.69, 9.17) is 0 Å². The summed E-state index contributed by atoms with van der Waals surface area (Å²) in [5.41, 5.74) is 1.36. The molecule has 0 bridgehead atoms. The minimum Gasteiger partial charge on any atom is -0.360 e. The van der Waals surface area contributed by atoms with Gasteiger partial charge in [0, 0.05) is 13.1 Å². The zero-order valence-corrected chi connectivity index (χ0v) is 12.4. The number of anilines is 1. The van der Waals surface area contributed by atoms with E-state index in [2.05, 4.69) is 51.2 Å². The fraction of sp³-hybridized carbons (Fsp3) is 0.500. The number of hydrogen-bond acceptors (Lipinski definition) is 6. The molecule has 0 aliphatic heterocycles. The number of rotatable bonds is 7. The molecule has 98 valence electrons. The molecule has 6 heteroatoms. The first-order chi connectivity index (χ1) is 8.78. The third-order valence-electron chi connectivity index (χ3n) is 2.43. The Balaban J connectivity index is 1.83. The zero-order valence-electron chi connectivity index (χ0n) is 10.7. The first kappa shape index (κ1) is 13.5. The molecule has 0 atom stereocenters. The van der Waals surface area contributed by atoms with Crippen molar-refractivity contribution in [2.75, 3.05) is 18.9 Å². The summed E-state index contributed by atoms with van der Waals surface area (Å²) in [7, 11) is 2.11. The van der Waals surface area contributed by atoms with Gasteiger partial charge in [-0.05, 0) is 35.9 Å². The van der Waals surface area contributed by atoms with E-state index in [1.54, 1.807) is 22.7 Å². The molecule has 0 saturated heterocycles. The number of aromatic nitrogens is 2. The van der Waals surface area contributed by atoms with Crippen molar-refractivity contribution in [2.24, 2.45) is 0 Å². The van der Waals surface area contributed by atoms with Gasteiger partial charge >= 0.3 is 0 Å². The Bertz CT molecular complexity index is 452. The lowest BCUT2D eigenvalue weighted by molar-refractivity contribution is 0.318. The molecule has 0 aliphatic rings. The molecule has 2 aromatic heterocycles. The summed E-state index contributed by atoms with van der Waals surface area (Å²) < 4.78 is 0. The first-order valence-corrected chi connectivity index (χ1v) is 7.79. The van der Waals surface area contributed by atoms with E-state index in [-0.39, 0.29) is 0 Å². The Labute approximate surface area is 116 Å². The molecule has 0 unspecified atom stereocenters. The van der Waals surface area contributed by atoms with Gasteiger partial charge < -0.3 is 5.32 Å². The highest BCUT2D eigenvalue weighted by Crippen LogP contribution is 2.17. The second kappa shape index (κ2) is 6.82. The van der Waals surface area contributed by atoms with Gasteiger partial charge in [-0.1, -0.05) is 18.3 Å². The lowest BCUT2D eigenvalue weighted by Crippen LogP contribution is -2.16. The molecule has 1 N–H and O–H groups in total. The van der Waals surface area contributed by atoms with Crippen LogP contribution in [0, 0.1) is 0 Å².